The maximum atomic E-state index is 10.9. The molecule has 0 aromatic heterocycles. The van der Waals surface area contributed by atoms with Gasteiger partial charge in [0.05, 0.1) is 25.0 Å². The number of hydrogen-bond acceptors (Lipinski definition) is 3. The second-order valence-electron chi connectivity index (χ2n) is 6.58. The molecule has 0 aromatic carbocycles. The standard InChI is InChI=1S/C17H32N2O3/c1-4-6-9-17(3,8-5-2)16-18(10-7-15(21)22)11-12-19(16)13-14-20/h20H,4-14H2,1-3H3/p+1. The van der Waals surface area contributed by atoms with Gasteiger partial charge in [-0.05, 0) is 19.8 Å². The Balaban J connectivity index is 3.07. The molecular formula is C17H33N2O3+. The number of unbranched alkanes of at least 4 members (excludes halogenated alkanes) is 1. The number of carboxylic acid groups (broad SMARTS) is 1. The molecule has 1 atom stereocenters. The molecule has 0 spiro atoms. The Labute approximate surface area is 134 Å². The third-order valence-corrected chi connectivity index (χ3v) is 4.63. The van der Waals surface area contributed by atoms with Gasteiger partial charge >= 0.3 is 5.97 Å². The molecule has 5 nitrogen and oxygen atoms in total. The van der Waals surface area contributed by atoms with Gasteiger partial charge in [0.1, 0.15) is 19.6 Å². The van der Waals surface area contributed by atoms with Crippen LogP contribution in [0.4, 0.5) is 0 Å². The molecule has 0 aliphatic carbocycles. The summed E-state index contributed by atoms with van der Waals surface area (Å²) in [7, 11) is 0. The van der Waals surface area contributed by atoms with Crippen LogP contribution in [-0.2, 0) is 4.79 Å². The number of hydrogen-bond donors (Lipinski definition) is 2. The van der Waals surface area contributed by atoms with E-state index in [1.807, 2.05) is 0 Å². The molecule has 0 saturated carbocycles. The van der Waals surface area contributed by atoms with E-state index in [0.717, 1.165) is 32.4 Å². The Hall–Kier alpha value is -1.10. The van der Waals surface area contributed by atoms with Crippen molar-refractivity contribution in [2.24, 2.45) is 5.41 Å². The van der Waals surface area contributed by atoms with Crippen molar-refractivity contribution in [3.8, 4) is 0 Å². The number of β-amino-alcohol motifs (C(OH)–C–C–N with tert-alkyl or cyclic N) is 1. The van der Waals surface area contributed by atoms with E-state index < -0.39 is 5.97 Å². The summed E-state index contributed by atoms with van der Waals surface area (Å²) in [5.41, 5.74) is 0.0783. The second-order valence-corrected chi connectivity index (χ2v) is 6.58. The number of aliphatic hydroxyl groups is 1. The maximum Gasteiger partial charge on any atom is 0.307 e. The molecule has 0 amide bonds. The molecule has 5 heteroatoms. The van der Waals surface area contributed by atoms with Crippen LogP contribution in [0.15, 0.2) is 0 Å². The van der Waals surface area contributed by atoms with Gasteiger partial charge in [0.25, 0.3) is 5.84 Å². The molecule has 22 heavy (non-hydrogen) atoms. The van der Waals surface area contributed by atoms with E-state index in [2.05, 4.69) is 30.2 Å². The summed E-state index contributed by atoms with van der Waals surface area (Å²) in [4.78, 5) is 13.2. The average molecular weight is 313 g/mol. The molecule has 1 rings (SSSR count). The van der Waals surface area contributed by atoms with Crippen molar-refractivity contribution in [1.29, 1.82) is 0 Å². The predicted molar refractivity (Wildman–Crippen MR) is 88.5 cm³/mol. The lowest BCUT2D eigenvalue weighted by Crippen LogP contribution is -2.44. The van der Waals surface area contributed by atoms with Crippen LogP contribution in [0, 0.1) is 5.41 Å². The normalized spacial score (nSPS) is 17.9. The van der Waals surface area contributed by atoms with Crippen LogP contribution in [0.5, 0.6) is 0 Å². The number of amidine groups is 1. The summed E-state index contributed by atoms with van der Waals surface area (Å²) in [5, 5.41) is 18.3. The van der Waals surface area contributed by atoms with Crippen LogP contribution in [0.2, 0.25) is 0 Å². The van der Waals surface area contributed by atoms with E-state index in [1.54, 1.807) is 0 Å². The van der Waals surface area contributed by atoms with Crippen molar-refractivity contribution in [2.45, 2.75) is 59.3 Å². The summed E-state index contributed by atoms with van der Waals surface area (Å²) in [6.07, 6.45) is 5.86. The molecule has 0 saturated heterocycles. The zero-order valence-corrected chi connectivity index (χ0v) is 14.5. The molecule has 0 aromatic rings. The van der Waals surface area contributed by atoms with E-state index >= 15 is 0 Å². The Morgan fingerprint density at radius 3 is 2.59 bits per heavy atom. The van der Waals surface area contributed by atoms with Gasteiger partial charge < -0.3 is 10.2 Å². The zero-order chi connectivity index (χ0) is 16.6. The quantitative estimate of drug-likeness (QED) is 0.574. The highest BCUT2D eigenvalue weighted by Gasteiger charge is 2.43. The molecule has 0 fully saturated rings. The highest BCUT2D eigenvalue weighted by molar-refractivity contribution is 5.84. The average Bonchev–Trinajstić information content (AvgIpc) is 2.87. The van der Waals surface area contributed by atoms with Crippen molar-refractivity contribution in [1.82, 2.24) is 4.90 Å². The van der Waals surface area contributed by atoms with Crippen molar-refractivity contribution in [3.05, 3.63) is 0 Å². The second kappa shape index (κ2) is 9.13. The molecule has 0 bridgehead atoms. The minimum absolute atomic E-state index is 0.0783. The Bertz CT molecular complexity index is 395. The summed E-state index contributed by atoms with van der Waals surface area (Å²) in [5.74, 6) is 0.517. The smallest absolute Gasteiger partial charge is 0.307 e. The van der Waals surface area contributed by atoms with E-state index in [1.165, 1.54) is 18.7 Å². The summed E-state index contributed by atoms with van der Waals surface area (Å²) >= 11 is 0. The van der Waals surface area contributed by atoms with Gasteiger partial charge in [-0.1, -0.05) is 33.1 Å². The number of aliphatic hydroxyl groups excluding tert-OH is 1. The number of carboxylic acids is 1. The highest BCUT2D eigenvalue weighted by Crippen LogP contribution is 2.34. The van der Waals surface area contributed by atoms with Crippen LogP contribution in [0.1, 0.15) is 59.3 Å². The first kappa shape index (κ1) is 18.9. The third kappa shape index (κ3) is 4.97. The van der Waals surface area contributed by atoms with E-state index in [9.17, 15) is 9.90 Å². The van der Waals surface area contributed by atoms with Gasteiger partial charge in [0.2, 0.25) is 0 Å². The molecule has 1 aliphatic heterocycles. The Kier molecular flexibility index (Phi) is 7.87. The summed E-state index contributed by atoms with van der Waals surface area (Å²) < 4.78 is 2.25. The van der Waals surface area contributed by atoms with Crippen LogP contribution in [0.25, 0.3) is 0 Å². The molecule has 0 radical (unpaired) electrons. The van der Waals surface area contributed by atoms with E-state index in [4.69, 9.17) is 5.11 Å². The van der Waals surface area contributed by atoms with Crippen LogP contribution in [-0.4, -0.2) is 64.3 Å². The van der Waals surface area contributed by atoms with Gasteiger partial charge in [-0.3, -0.25) is 14.3 Å². The zero-order valence-electron chi connectivity index (χ0n) is 14.5. The van der Waals surface area contributed by atoms with Gasteiger partial charge in [-0.15, -0.1) is 0 Å². The van der Waals surface area contributed by atoms with Crippen molar-refractivity contribution < 1.29 is 19.6 Å². The lowest BCUT2D eigenvalue weighted by atomic mass is 9.78. The van der Waals surface area contributed by atoms with Gasteiger partial charge in [-0.25, -0.2) is 0 Å². The molecule has 1 heterocycles. The van der Waals surface area contributed by atoms with Crippen molar-refractivity contribution in [2.75, 3.05) is 32.8 Å². The topological polar surface area (TPSA) is 63.8 Å². The maximum absolute atomic E-state index is 10.9. The predicted octanol–water partition coefficient (Wildman–Crippen LogP) is 2.18. The fourth-order valence-electron chi connectivity index (χ4n) is 3.67. The third-order valence-electron chi connectivity index (χ3n) is 4.63. The summed E-state index contributed by atoms with van der Waals surface area (Å²) in [6.45, 7) is 9.84. The lowest BCUT2D eigenvalue weighted by Gasteiger charge is -2.31. The molecule has 2 N–H and O–H groups in total. The number of rotatable bonds is 11. The fourth-order valence-corrected chi connectivity index (χ4v) is 3.67. The number of aliphatic carboxylic acids is 1. The molecule has 1 aliphatic rings. The van der Waals surface area contributed by atoms with E-state index in [-0.39, 0.29) is 18.4 Å². The van der Waals surface area contributed by atoms with Crippen LogP contribution in [0.3, 0.4) is 0 Å². The van der Waals surface area contributed by atoms with Crippen LogP contribution >= 0.6 is 0 Å². The summed E-state index contributed by atoms with van der Waals surface area (Å²) in [6, 6.07) is 0. The number of nitrogens with zero attached hydrogens (tertiary/aromatic N) is 2. The minimum atomic E-state index is -0.745. The largest absolute Gasteiger partial charge is 0.481 e. The number of carbonyl (C=O) groups is 1. The highest BCUT2D eigenvalue weighted by atomic mass is 16.4. The molecule has 128 valence electrons. The minimum Gasteiger partial charge on any atom is -0.481 e. The first-order valence-electron chi connectivity index (χ1n) is 8.68. The molecular weight excluding hydrogens is 280 g/mol. The Morgan fingerprint density at radius 1 is 1.32 bits per heavy atom. The fraction of sp³-hybridized carbons (Fsp3) is 0.882. The monoisotopic (exact) mass is 313 g/mol. The van der Waals surface area contributed by atoms with E-state index in [0.29, 0.717) is 13.1 Å². The van der Waals surface area contributed by atoms with Crippen molar-refractivity contribution >= 4 is 11.8 Å². The molecule has 1 unspecified atom stereocenters. The van der Waals surface area contributed by atoms with Gasteiger partial charge in [0.15, 0.2) is 0 Å². The van der Waals surface area contributed by atoms with Crippen LogP contribution < -0.4 is 0 Å². The lowest BCUT2D eigenvalue weighted by molar-refractivity contribution is -0.520. The Morgan fingerprint density at radius 2 is 2.05 bits per heavy atom. The first-order valence-corrected chi connectivity index (χ1v) is 8.68. The SMILES string of the molecule is CCCCC(C)(CCC)C1=[N+](CCC(=O)O)CCN1CCO. The van der Waals surface area contributed by atoms with Gasteiger partial charge in [0, 0.05) is 0 Å². The van der Waals surface area contributed by atoms with Gasteiger partial charge in [-0.2, -0.15) is 0 Å². The van der Waals surface area contributed by atoms with Crippen molar-refractivity contribution in [3.63, 3.8) is 0 Å². The first-order chi connectivity index (χ1) is 10.5.